The molecule has 0 heterocycles. The second-order valence-electron chi connectivity index (χ2n) is 3.34. The molecule has 0 fully saturated rings. The van der Waals surface area contributed by atoms with Crippen molar-refractivity contribution in [2.75, 3.05) is 0 Å². The molecule has 0 aromatic rings. The molecule has 1 atom stereocenters. The fourth-order valence-corrected chi connectivity index (χ4v) is 1.21. The molecule has 1 amide bonds. The molecular weight excluding hydrogens is 208 g/mol. The zero-order valence-electron chi connectivity index (χ0n) is 8.09. The van der Waals surface area contributed by atoms with Crippen molar-refractivity contribution in [2.24, 2.45) is 5.29 Å². The number of carboxylic acids is 1. The van der Waals surface area contributed by atoms with Crippen molar-refractivity contribution in [3.8, 4) is 0 Å². The van der Waals surface area contributed by atoms with Crippen LogP contribution in [0.5, 0.6) is 0 Å². The minimum absolute atomic E-state index is 0.370. The normalized spacial score (nSPS) is 13.1. The Balaban J connectivity index is 5.09. The first-order chi connectivity index (χ1) is 6.21. The molecule has 0 bridgehead atoms. The number of aliphatic carboxylic acids is 1. The number of carbonyl (C=O) groups excluding carboxylic acids is 1. The summed E-state index contributed by atoms with van der Waals surface area (Å²) >= 11 is 4.00. The second-order valence-corrected chi connectivity index (χ2v) is 4.49. The summed E-state index contributed by atoms with van der Waals surface area (Å²) in [6, 6.07) is -1.37. The average molecular weight is 220 g/mol. The highest BCUT2D eigenvalue weighted by atomic mass is 32.1. The van der Waals surface area contributed by atoms with Crippen LogP contribution in [0.4, 0.5) is 0 Å². The molecule has 0 aliphatic heterocycles. The van der Waals surface area contributed by atoms with Crippen LogP contribution in [0.25, 0.3) is 0 Å². The maximum absolute atomic E-state index is 10.9. The summed E-state index contributed by atoms with van der Waals surface area (Å²) in [5, 5.41) is 11.6. The Morgan fingerprint density at radius 2 is 1.93 bits per heavy atom. The number of amides is 1. The number of carbonyl (C=O) groups is 2. The monoisotopic (exact) mass is 220 g/mol. The van der Waals surface area contributed by atoms with E-state index in [1.54, 1.807) is 0 Å². The summed E-state index contributed by atoms with van der Waals surface area (Å²) in [6.45, 7) is 4.03. The van der Waals surface area contributed by atoms with E-state index in [9.17, 15) is 14.5 Å². The first kappa shape index (κ1) is 12.9. The predicted octanol–water partition coefficient (Wildman–Crippen LogP) is 0.678. The van der Waals surface area contributed by atoms with E-state index in [2.05, 4.69) is 17.9 Å². The number of hydrogen-bond acceptors (Lipinski definition) is 5. The van der Waals surface area contributed by atoms with Gasteiger partial charge in [-0.1, -0.05) is 0 Å². The van der Waals surface area contributed by atoms with Crippen molar-refractivity contribution >= 4 is 24.5 Å². The fraction of sp³-hybridized carbons (Fsp3) is 0.714. The van der Waals surface area contributed by atoms with Gasteiger partial charge in [0.2, 0.25) is 5.91 Å². The SMILES string of the molecule is CC(=O)N(N=O)[C@@H](C(=O)O)C(C)(C)S. The van der Waals surface area contributed by atoms with Crippen molar-refractivity contribution < 1.29 is 14.7 Å². The summed E-state index contributed by atoms with van der Waals surface area (Å²) in [7, 11) is 0. The lowest BCUT2D eigenvalue weighted by Crippen LogP contribution is -2.51. The summed E-state index contributed by atoms with van der Waals surface area (Å²) in [6.07, 6.45) is 0. The second kappa shape index (κ2) is 4.41. The van der Waals surface area contributed by atoms with E-state index in [-0.39, 0.29) is 0 Å². The summed E-state index contributed by atoms with van der Waals surface area (Å²) in [4.78, 5) is 32.0. The first-order valence-corrected chi connectivity index (χ1v) is 4.24. The molecule has 7 heteroatoms. The van der Waals surface area contributed by atoms with Gasteiger partial charge < -0.3 is 5.11 Å². The number of thiol groups is 1. The maximum Gasteiger partial charge on any atom is 0.330 e. The van der Waals surface area contributed by atoms with Gasteiger partial charge in [-0.3, -0.25) is 4.79 Å². The van der Waals surface area contributed by atoms with Crippen LogP contribution in [0.1, 0.15) is 20.8 Å². The number of nitroso groups, excluding NO2 is 1. The highest BCUT2D eigenvalue weighted by Gasteiger charge is 2.40. The van der Waals surface area contributed by atoms with Gasteiger partial charge in [-0.05, 0) is 13.8 Å². The van der Waals surface area contributed by atoms with Gasteiger partial charge in [0.25, 0.3) is 0 Å². The molecule has 14 heavy (non-hydrogen) atoms. The molecule has 0 spiro atoms. The smallest absolute Gasteiger partial charge is 0.330 e. The Hall–Kier alpha value is -1.11. The van der Waals surface area contributed by atoms with E-state index in [0.717, 1.165) is 6.92 Å². The quantitative estimate of drug-likeness (QED) is 0.414. The Morgan fingerprint density at radius 1 is 1.50 bits per heavy atom. The molecule has 0 aromatic heterocycles. The van der Waals surface area contributed by atoms with Crippen LogP contribution in [0.15, 0.2) is 5.29 Å². The van der Waals surface area contributed by atoms with Gasteiger partial charge >= 0.3 is 5.97 Å². The van der Waals surface area contributed by atoms with Gasteiger partial charge in [-0.15, -0.1) is 4.91 Å². The largest absolute Gasteiger partial charge is 0.480 e. The van der Waals surface area contributed by atoms with Crippen LogP contribution >= 0.6 is 12.6 Å². The van der Waals surface area contributed by atoms with E-state index >= 15 is 0 Å². The molecule has 80 valence electrons. The van der Waals surface area contributed by atoms with Crippen LogP contribution in [-0.4, -0.2) is 32.8 Å². The molecule has 0 saturated heterocycles. The Kier molecular flexibility index (Phi) is 4.06. The van der Waals surface area contributed by atoms with Crippen molar-refractivity contribution in [3.63, 3.8) is 0 Å². The lowest BCUT2D eigenvalue weighted by Gasteiger charge is -2.30. The molecule has 0 unspecified atom stereocenters. The summed E-state index contributed by atoms with van der Waals surface area (Å²) < 4.78 is -1.05. The standard InChI is InChI=1S/C7H12N2O4S/c1-4(10)9(8-13)5(6(11)12)7(2,3)14/h5,14H,1-3H3,(H,11,12)/t5-/m0/s1. The highest BCUT2D eigenvalue weighted by molar-refractivity contribution is 7.81. The third-order valence-corrected chi connectivity index (χ3v) is 1.80. The zero-order chi connectivity index (χ0) is 11.5. The van der Waals surface area contributed by atoms with Crippen LogP contribution in [-0.2, 0) is 9.59 Å². The molecule has 0 aliphatic carbocycles. The molecule has 0 aliphatic rings. The highest BCUT2D eigenvalue weighted by Crippen LogP contribution is 2.23. The Bertz CT molecular complexity index is 261. The average Bonchev–Trinajstić information content (AvgIpc) is 1.95. The molecule has 0 radical (unpaired) electrons. The zero-order valence-corrected chi connectivity index (χ0v) is 8.99. The van der Waals surface area contributed by atoms with Crippen LogP contribution in [0.2, 0.25) is 0 Å². The third kappa shape index (κ3) is 2.99. The lowest BCUT2D eigenvalue weighted by atomic mass is 10.0. The Labute approximate surface area is 86.6 Å². The van der Waals surface area contributed by atoms with Gasteiger partial charge in [0.1, 0.15) is 0 Å². The number of carboxylic acid groups (broad SMARTS) is 1. The van der Waals surface area contributed by atoms with Crippen LogP contribution < -0.4 is 0 Å². The first-order valence-electron chi connectivity index (χ1n) is 3.80. The van der Waals surface area contributed by atoms with Crippen molar-refractivity contribution in [3.05, 3.63) is 4.91 Å². The van der Waals surface area contributed by atoms with Gasteiger partial charge in [0, 0.05) is 11.7 Å². The van der Waals surface area contributed by atoms with E-state index in [1.807, 2.05) is 0 Å². The molecule has 6 nitrogen and oxygen atoms in total. The summed E-state index contributed by atoms with van der Waals surface area (Å²) in [5.74, 6) is -2.05. The molecule has 0 rings (SSSR count). The number of hydrogen-bond donors (Lipinski definition) is 2. The minimum Gasteiger partial charge on any atom is -0.480 e. The maximum atomic E-state index is 10.9. The number of nitrogens with zero attached hydrogens (tertiary/aromatic N) is 2. The van der Waals surface area contributed by atoms with E-state index < -0.39 is 22.7 Å². The Morgan fingerprint density at radius 3 is 2.00 bits per heavy atom. The van der Waals surface area contributed by atoms with E-state index in [1.165, 1.54) is 13.8 Å². The van der Waals surface area contributed by atoms with Gasteiger partial charge in [0.15, 0.2) is 6.04 Å². The lowest BCUT2D eigenvalue weighted by molar-refractivity contribution is -0.150. The molecule has 0 saturated carbocycles. The predicted molar refractivity (Wildman–Crippen MR) is 52.8 cm³/mol. The molecule has 1 N–H and O–H groups in total. The molecule has 0 aromatic carbocycles. The molecular formula is C7H12N2O4S. The fourth-order valence-electron chi connectivity index (χ4n) is 0.992. The van der Waals surface area contributed by atoms with Crippen molar-refractivity contribution in [2.45, 2.75) is 31.6 Å². The van der Waals surface area contributed by atoms with Gasteiger partial charge in [0.05, 0.1) is 5.29 Å². The van der Waals surface area contributed by atoms with Crippen LogP contribution in [0, 0.1) is 4.91 Å². The van der Waals surface area contributed by atoms with Crippen molar-refractivity contribution in [1.82, 2.24) is 5.01 Å². The van der Waals surface area contributed by atoms with Gasteiger partial charge in [-0.25, -0.2) is 4.79 Å². The van der Waals surface area contributed by atoms with E-state index in [4.69, 9.17) is 5.11 Å². The van der Waals surface area contributed by atoms with Crippen LogP contribution in [0.3, 0.4) is 0 Å². The summed E-state index contributed by atoms with van der Waals surface area (Å²) in [5.41, 5.74) is 0. The van der Waals surface area contributed by atoms with Crippen molar-refractivity contribution in [1.29, 1.82) is 0 Å². The van der Waals surface area contributed by atoms with Gasteiger partial charge in [-0.2, -0.15) is 17.6 Å². The number of rotatable bonds is 4. The van der Waals surface area contributed by atoms with E-state index in [0.29, 0.717) is 5.01 Å². The minimum atomic E-state index is -1.37. The topological polar surface area (TPSA) is 87.0 Å². The third-order valence-electron chi connectivity index (χ3n) is 1.56.